The molecule has 2 rings (SSSR count). The molecule has 0 aromatic carbocycles. The number of hydrogen-bond donors (Lipinski definition) is 1. The topological polar surface area (TPSA) is 66.6 Å². The average molecular weight is 196 g/mol. The summed E-state index contributed by atoms with van der Waals surface area (Å²) >= 11 is 0. The highest BCUT2D eigenvalue weighted by Crippen LogP contribution is 2.13. The third-order valence-corrected chi connectivity index (χ3v) is 2.25. The minimum atomic E-state index is -0.407. The molecular weight excluding hydrogens is 184 g/mol. The lowest BCUT2D eigenvalue weighted by atomic mass is 10.3. The molecule has 1 atom stereocenters. The van der Waals surface area contributed by atoms with Gasteiger partial charge in [-0.3, -0.25) is 4.79 Å². The summed E-state index contributed by atoms with van der Waals surface area (Å²) in [6, 6.07) is 0. The van der Waals surface area contributed by atoms with E-state index in [0.29, 0.717) is 25.3 Å². The van der Waals surface area contributed by atoms with E-state index < -0.39 is 6.10 Å². The second kappa shape index (κ2) is 3.42. The largest absolute Gasteiger partial charge is 0.438 e. The van der Waals surface area contributed by atoms with Crippen molar-refractivity contribution in [2.45, 2.75) is 19.4 Å². The second-order valence-corrected chi connectivity index (χ2v) is 3.47. The van der Waals surface area contributed by atoms with E-state index in [0.717, 1.165) is 0 Å². The van der Waals surface area contributed by atoms with Gasteiger partial charge in [0.2, 0.25) is 0 Å². The number of aromatic nitrogens is 1. The van der Waals surface area contributed by atoms with Crippen LogP contribution in [-0.2, 0) is 0 Å². The molecule has 1 aromatic heterocycles. The summed E-state index contributed by atoms with van der Waals surface area (Å²) in [6.07, 6.45) is 1.74. The normalized spacial score (nSPS) is 21.6. The summed E-state index contributed by atoms with van der Waals surface area (Å²) in [6.45, 7) is 2.68. The fraction of sp³-hybridized carbons (Fsp3) is 0.556. The quantitative estimate of drug-likeness (QED) is 0.696. The Morgan fingerprint density at radius 1 is 1.79 bits per heavy atom. The SMILES string of the molecule is Cc1cnc(C(=O)N2CCC(O)C2)o1. The van der Waals surface area contributed by atoms with E-state index in [1.54, 1.807) is 11.8 Å². The number of aliphatic hydroxyl groups is 1. The molecule has 1 amide bonds. The van der Waals surface area contributed by atoms with Gasteiger partial charge in [-0.15, -0.1) is 0 Å². The Morgan fingerprint density at radius 3 is 3.07 bits per heavy atom. The summed E-state index contributed by atoms with van der Waals surface area (Å²) in [5.41, 5.74) is 0. The standard InChI is InChI=1S/C9H12N2O3/c1-6-4-10-8(14-6)9(13)11-3-2-7(12)5-11/h4,7,12H,2-3,5H2,1H3. The molecule has 5 nitrogen and oxygen atoms in total. The first-order valence-electron chi connectivity index (χ1n) is 4.56. The van der Waals surface area contributed by atoms with Crippen LogP contribution in [0.5, 0.6) is 0 Å². The molecule has 1 fully saturated rings. The second-order valence-electron chi connectivity index (χ2n) is 3.47. The van der Waals surface area contributed by atoms with Crippen molar-refractivity contribution in [1.29, 1.82) is 0 Å². The van der Waals surface area contributed by atoms with E-state index in [-0.39, 0.29) is 11.8 Å². The van der Waals surface area contributed by atoms with E-state index in [1.807, 2.05) is 0 Å². The number of amides is 1. The molecule has 1 saturated heterocycles. The average Bonchev–Trinajstić information content (AvgIpc) is 2.73. The van der Waals surface area contributed by atoms with E-state index in [2.05, 4.69) is 4.98 Å². The third kappa shape index (κ3) is 1.63. The highest BCUT2D eigenvalue weighted by atomic mass is 16.4. The van der Waals surface area contributed by atoms with Crippen LogP contribution in [0, 0.1) is 6.92 Å². The van der Waals surface area contributed by atoms with Crippen LogP contribution in [0.4, 0.5) is 0 Å². The molecule has 0 bridgehead atoms. The Balaban J connectivity index is 2.09. The zero-order valence-corrected chi connectivity index (χ0v) is 7.93. The molecule has 2 heterocycles. The molecule has 5 heteroatoms. The molecular formula is C9H12N2O3. The van der Waals surface area contributed by atoms with Crippen LogP contribution in [0.1, 0.15) is 22.9 Å². The maximum absolute atomic E-state index is 11.7. The van der Waals surface area contributed by atoms with Crippen LogP contribution >= 0.6 is 0 Å². The van der Waals surface area contributed by atoms with Crippen molar-refractivity contribution < 1.29 is 14.3 Å². The molecule has 14 heavy (non-hydrogen) atoms. The fourth-order valence-electron chi connectivity index (χ4n) is 1.52. The lowest BCUT2D eigenvalue weighted by molar-refractivity contribution is 0.0724. The predicted molar refractivity (Wildman–Crippen MR) is 47.8 cm³/mol. The lowest BCUT2D eigenvalue weighted by Crippen LogP contribution is -2.29. The molecule has 0 spiro atoms. The number of carbonyl (C=O) groups is 1. The van der Waals surface area contributed by atoms with Gasteiger partial charge in [0.15, 0.2) is 0 Å². The van der Waals surface area contributed by atoms with Crippen LogP contribution in [0.25, 0.3) is 0 Å². The van der Waals surface area contributed by atoms with Crippen LogP contribution in [0.2, 0.25) is 0 Å². The molecule has 1 aromatic rings. The molecule has 0 saturated carbocycles. The molecule has 76 valence electrons. The van der Waals surface area contributed by atoms with Gasteiger partial charge in [0, 0.05) is 13.1 Å². The van der Waals surface area contributed by atoms with Gasteiger partial charge >= 0.3 is 5.91 Å². The van der Waals surface area contributed by atoms with Gasteiger partial charge in [-0.25, -0.2) is 4.98 Å². The van der Waals surface area contributed by atoms with Gasteiger partial charge in [0.05, 0.1) is 12.3 Å². The van der Waals surface area contributed by atoms with Crippen molar-refractivity contribution >= 4 is 5.91 Å². The van der Waals surface area contributed by atoms with Crippen LogP contribution in [0.15, 0.2) is 10.6 Å². The Morgan fingerprint density at radius 2 is 2.57 bits per heavy atom. The zero-order valence-electron chi connectivity index (χ0n) is 7.93. The molecule has 1 unspecified atom stereocenters. The monoisotopic (exact) mass is 196 g/mol. The van der Waals surface area contributed by atoms with Crippen molar-refractivity contribution in [3.05, 3.63) is 17.8 Å². The van der Waals surface area contributed by atoms with E-state index >= 15 is 0 Å². The zero-order chi connectivity index (χ0) is 10.1. The highest BCUT2D eigenvalue weighted by Gasteiger charge is 2.27. The first-order chi connectivity index (χ1) is 6.66. The van der Waals surface area contributed by atoms with E-state index in [4.69, 9.17) is 4.42 Å². The summed E-state index contributed by atoms with van der Waals surface area (Å²) in [4.78, 5) is 17.1. The number of carbonyl (C=O) groups excluding carboxylic acids is 1. The number of aryl methyl sites for hydroxylation is 1. The van der Waals surface area contributed by atoms with Gasteiger partial charge in [-0.2, -0.15) is 0 Å². The minimum Gasteiger partial charge on any atom is -0.438 e. The fourth-order valence-corrected chi connectivity index (χ4v) is 1.52. The van der Waals surface area contributed by atoms with E-state index in [1.165, 1.54) is 6.20 Å². The van der Waals surface area contributed by atoms with Crippen LogP contribution in [-0.4, -0.2) is 40.1 Å². The first kappa shape index (κ1) is 9.21. The highest BCUT2D eigenvalue weighted by molar-refractivity contribution is 5.89. The minimum absolute atomic E-state index is 0.108. The Labute approximate surface area is 81.3 Å². The molecule has 0 radical (unpaired) electrons. The summed E-state index contributed by atoms with van der Waals surface area (Å²) in [7, 11) is 0. The number of likely N-dealkylation sites (tertiary alicyclic amines) is 1. The summed E-state index contributed by atoms with van der Waals surface area (Å²) < 4.78 is 5.11. The molecule has 1 N–H and O–H groups in total. The Kier molecular flexibility index (Phi) is 2.25. The molecule has 0 aliphatic carbocycles. The van der Waals surface area contributed by atoms with Gasteiger partial charge in [-0.05, 0) is 13.3 Å². The van der Waals surface area contributed by atoms with Crippen molar-refractivity contribution in [2.24, 2.45) is 0 Å². The smallest absolute Gasteiger partial charge is 0.309 e. The van der Waals surface area contributed by atoms with Crippen molar-refractivity contribution in [3.8, 4) is 0 Å². The van der Waals surface area contributed by atoms with Gasteiger partial charge in [0.1, 0.15) is 5.76 Å². The number of rotatable bonds is 1. The first-order valence-corrected chi connectivity index (χ1v) is 4.56. The third-order valence-electron chi connectivity index (χ3n) is 2.25. The maximum Gasteiger partial charge on any atom is 0.309 e. The van der Waals surface area contributed by atoms with Crippen molar-refractivity contribution in [1.82, 2.24) is 9.88 Å². The van der Waals surface area contributed by atoms with E-state index in [9.17, 15) is 9.90 Å². The lowest BCUT2D eigenvalue weighted by Gasteiger charge is -2.12. The predicted octanol–water partition coefficient (Wildman–Crippen LogP) is 0.190. The molecule has 1 aliphatic rings. The Hall–Kier alpha value is -1.36. The van der Waals surface area contributed by atoms with Gasteiger partial charge in [-0.1, -0.05) is 0 Å². The van der Waals surface area contributed by atoms with Crippen molar-refractivity contribution in [3.63, 3.8) is 0 Å². The van der Waals surface area contributed by atoms with Crippen LogP contribution < -0.4 is 0 Å². The number of aliphatic hydroxyl groups excluding tert-OH is 1. The van der Waals surface area contributed by atoms with Crippen molar-refractivity contribution in [2.75, 3.05) is 13.1 Å². The maximum atomic E-state index is 11.7. The van der Waals surface area contributed by atoms with Crippen LogP contribution in [0.3, 0.4) is 0 Å². The molecule has 1 aliphatic heterocycles. The Bertz CT molecular complexity index is 348. The summed E-state index contributed by atoms with van der Waals surface area (Å²) in [5, 5.41) is 9.26. The van der Waals surface area contributed by atoms with Gasteiger partial charge < -0.3 is 14.4 Å². The summed E-state index contributed by atoms with van der Waals surface area (Å²) in [5.74, 6) is 0.486. The number of oxazole rings is 1. The number of hydrogen-bond acceptors (Lipinski definition) is 4. The number of β-amino-alcohol motifs (C(OH)–C–C–N with tert-alkyl or cyclic N) is 1. The van der Waals surface area contributed by atoms with Gasteiger partial charge in [0.25, 0.3) is 5.89 Å². The number of nitrogens with zero attached hydrogens (tertiary/aromatic N) is 2.